The first-order valence-electron chi connectivity index (χ1n) is 10.2. The average Bonchev–Trinajstić information content (AvgIpc) is 3.45. The molecule has 0 spiro atoms. The molecule has 0 N–H and O–H groups in total. The van der Waals surface area contributed by atoms with Gasteiger partial charge in [0, 0.05) is 18.8 Å². The molecular weight excluding hydrogens is 436 g/mol. The summed E-state index contributed by atoms with van der Waals surface area (Å²) in [5.41, 5.74) is 1.60. The summed E-state index contributed by atoms with van der Waals surface area (Å²) >= 11 is 0.975. The summed E-state index contributed by atoms with van der Waals surface area (Å²) < 4.78 is 42.1. The predicted molar refractivity (Wildman–Crippen MR) is 120 cm³/mol. The molecule has 0 aliphatic carbocycles. The summed E-state index contributed by atoms with van der Waals surface area (Å²) in [4.78, 5) is 15.2. The fraction of sp³-hybridized carbons (Fsp3) is 0.381. The van der Waals surface area contributed by atoms with Crippen LogP contribution < -0.4 is 9.64 Å². The first-order chi connectivity index (χ1) is 15.0. The van der Waals surface area contributed by atoms with Crippen molar-refractivity contribution in [3.63, 3.8) is 0 Å². The summed E-state index contributed by atoms with van der Waals surface area (Å²) in [6.07, 6.45) is 1.11. The Morgan fingerprint density at radius 1 is 1.19 bits per heavy atom. The maximum atomic E-state index is 13.5. The topological polar surface area (TPSA) is 92.7 Å². The monoisotopic (exact) mass is 460 g/mol. The van der Waals surface area contributed by atoms with Crippen LogP contribution in [0.4, 0.5) is 5.69 Å². The van der Waals surface area contributed by atoms with E-state index in [9.17, 15) is 13.2 Å². The summed E-state index contributed by atoms with van der Waals surface area (Å²) in [6.45, 7) is 5.08. The minimum atomic E-state index is -3.90. The summed E-state index contributed by atoms with van der Waals surface area (Å²) in [5.74, 6) is 0.501. The molecule has 1 aliphatic heterocycles. The number of rotatable bonds is 7. The Kier molecular flexibility index (Phi) is 6.22. The van der Waals surface area contributed by atoms with Crippen LogP contribution in [0.25, 0.3) is 11.0 Å². The quantitative estimate of drug-likeness (QED) is 0.537. The number of amides is 1. The molecule has 2 aromatic carbocycles. The Labute approximate surface area is 185 Å². The standard InChI is InChI=1S/C21H24N4O4S2/c1-3-24(15-10-12-16(13-11-15)29-4-2)21(26)18-8-6-14-25(18)31(27,28)19-9-5-7-17-20(19)23-30-22-17/h5,7,9-13,18H,3-4,6,8,14H2,1-2H3. The van der Waals surface area contributed by atoms with Crippen LogP contribution in [-0.2, 0) is 14.8 Å². The lowest BCUT2D eigenvalue weighted by molar-refractivity contribution is -0.121. The van der Waals surface area contributed by atoms with E-state index in [2.05, 4.69) is 8.75 Å². The number of nitrogens with zero attached hydrogens (tertiary/aromatic N) is 4. The maximum absolute atomic E-state index is 13.5. The van der Waals surface area contributed by atoms with Crippen molar-refractivity contribution in [2.75, 3.05) is 24.6 Å². The Hall–Kier alpha value is -2.56. The second-order valence-corrected chi connectivity index (χ2v) is 9.56. The van der Waals surface area contributed by atoms with E-state index in [1.165, 1.54) is 10.4 Å². The van der Waals surface area contributed by atoms with Crippen molar-refractivity contribution in [2.45, 2.75) is 37.6 Å². The van der Waals surface area contributed by atoms with Gasteiger partial charge in [-0.15, -0.1) is 0 Å². The van der Waals surface area contributed by atoms with Crippen LogP contribution in [0.3, 0.4) is 0 Å². The van der Waals surface area contributed by atoms with Gasteiger partial charge in [0.2, 0.25) is 15.9 Å². The third kappa shape index (κ3) is 4.02. The molecular formula is C21H24N4O4S2. The number of aromatic nitrogens is 2. The second kappa shape index (κ2) is 8.89. The normalized spacial score (nSPS) is 17.2. The van der Waals surface area contributed by atoms with Gasteiger partial charge in [-0.05, 0) is 63.1 Å². The number of hydrogen-bond acceptors (Lipinski definition) is 7. The van der Waals surface area contributed by atoms with Gasteiger partial charge in [-0.2, -0.15) is 13.1 Å². The van der Waals surface area contributed by atoms with E-state index < -0.39 is 16.1 Å². The highest BCUT2D eigenvalue weighted by atomic mass is 32.2. The number of benzene rings is 2. The van der Waals surface area contributed by atoms with Gasteiger partial charge in [0.25, 0.3) is 0 Å². The van der Waals surface area contributed by atoms with E-state index in [1.807, 2.05) is 38.1 Å². The van der Waals surface area contributed by atoms with Crippen LogP contribution in [0.15, 0.2) is 47.4 Å². The van der Waals surface area contributed by atoms with Crippen LogP contribution in [0.1, 0.15) is 26.7 Å². The summed E-state index contributed by atoms with van der Waals surface area (Å²) in [7, 11) is -3.90. The highest BCUT2D eigenvalue weighted by Gasteiger charge is 2.42. The lowest BCUT2D eigenvalue weighted by Crippen LogP contribution is -2.48. The molecule has 0 saturated carbocycles. The number of carbonyl (C=O) groups is 1. The maximum Gasteiger partial charge on any atom is 0.246 e. The zero-order valence-electron chi connectivity index (χ0n) is 17.4. The molecule has 1 aromatic heterocycles. The third-order valence-corrected chi connectivity index (χ3v) is 7.85. The molecule has 1 saturated heterocycles. The van der Waals surface area contributed by atoms with Crippen molar-refractivity contribution in [1.29, 1.82) is 0 Å². The number of hydrogen-bond donors (Lipinski definition) is 0. The van der Waals surface area contributed by atoms with Crippen LogP contribution in [0.2, 0.25) is 0 Å². The lowest BCUT2D eigenvalue weighted by Gasteiger charge is -2.29. The van der Waals surface area contributed by atoms with Gasteiger partial charge in [-0.25, -0.2) is 8.42 Å². The first-order valence-corrected chi connectivity index (χ1v) is 12.4. The molecule has 0 radical (unpaired) electrons. The average molecular weight is 461 g/mol. The second-order valence-electron chi connectivity index (χ2n) is 7.17. The van der Waals surface area contributed by atoms with Crippen molar-refractivity contribution >= 4 is 44.4 Å². The van der Waals surface area contributed by atoms with Gasteiger partial charge in [0.1, 0.15) is 27.7 Å². The predicted octanol–water partition coefficient (Wildman–Crippen LogP) is 3.30. The Morgan fingerprint density at radius 3 is 2.68 bits per heavy atom. The van der Waals surface area contributed by atoms with Crippen LogP contribution in [-0.4, -0.2) is 53.1 Å². The molecule has 1 fully saturated rings. The Balaban J connectivity index is 1.63. The fourth-order valence-corrected chi connectivity index (χ4v) is 6.33. The van der Waals surface area contributed by atoms with Gasteiger partial charge in [-0.3, -0.25) is 4.79 Å². The largest absolute Gasteiger partial charge is 0.494 e. The molecule has 164 valence electrons. The van der Waals surface area contributed by atoms with Gasteiger partial charge in [0.05, 0.1) is 18.3 Å². The van der Waals surface area contributed by atoms with E-state index >= 15 is 0 Å². The SMILES string of the molecule is CCOc1ccc(N(CC)C(=O)C2CCCN2S(=O)(=O)c2cccc3nsnc23)cc1. The van der Waals surface area contributed by atoms with Gasteiger partial charge in [0.15, 0.2) is 0 Å². The molecule has 2 heterocycles. The van der Waals surface area contributed by atoms with E-state index in [-0.39, 0.29) is 10.8 Å². The molecule has 0 bridgehead atoms. The molecule has 4 rings (SSSR count). The molecule has 1 unspecified atom stereocenters. The van der Waals surface area contributed by atoms with Crippen molar-refractivity contribution in [2.24, 2.45) is 0 Å². The van der Waals surface area contributed by atoms with Crippen LogP contribution >= 0.6 is 11.7 Å². The molecule has 10 heteroatoms. The number of sulfonamides is 1. The van der Waals surface area contributed by atoms with E-state index in [0.29, 0.717) is 49.3 Å². The highest BCUT2D eigenvalue weighted by Crippen LogP contribution is 2.32. The molecule has 1 atom stereocenters. The fourth-order valence-electron chi connectivity index (χ4n) is 3.93. The smallest absolute Gasteiger partial charge is 0.246 e. The van der Waals surface area contributed by atoms with Gasteiger partial charge < -0.3 is 9.64 Å². The molecule has 31 heavy (non-hydrogen) atoms. The molecule has 8 nitrogen and oxygen atoms in total. The van der Waals surface area contributed by atoms with E-state index in [1.54, 1.807) is 17.0 Å². The molecule has 1 aliphatic rings. The molecule has 3 aromatic rings. The Bertz CT molecular complexity index is 1180. The van der Waals surface area contributed by atoms with Crippen LogP contribution in [0.5, 0.6) is 5.75 Å². The van der Waals surface area contributed by atoms with Crippen molar-refractivity contribution in [3.8, 4) is 5.75 Å². The van der Waals surface area contributed by atoms with E-state index in [4.69, 9.17) is 4.74 Å². The number of likely N-dealkylation sites (N-methyl/N-ethyl adjacent to an activating group) is 1. The zero-order valence-corrected chi connectivity index (χ0v) is 19.0. The number of carbonyl (C=O) groups excluding carboxylic acids is 1. The minimum Gasteiger partial charge on any atom is -0.494 e. The summed E-state index contributed by atoms with van der Waals surface area (Å²) in [5, 5.41) is 0. The summed E-state index contributed by atoms with van der Waals surface area (Å²) in [6, 6.07) is 11.4. The van der Waals surface area contributed by atoms with Crippen molar-refractivity contribution in [1.82, 2.24) is 13.1 Å². The first kappa shape index (κ1) is 21.7. The van der Waals surface area contributed by atoms with Crippen molar-refractivity contribution in [3.05, 3.63) is 42.5 Å². The lowest BCUT2D eigenvalue weighted by atomic mass is 10.2. The van der Waals surface area contributed by atoms with Gasteiger partial charge >= 0.3 is 0 Å². The minimum absolute atomic E-state index is 0.0996. The zero-order chi connectivity index (χ0) is 22.0. The molecule has 1 amide bonds. The van der Waals surface area contributed by atoms with Crippen LogP contribution in [0, 0.1) is 0 Å². The van der Waals surface area contributed by atoms with Gasteiger partial charge in [-0.1, -0.05) is 6.07 Å². The van der Waals surface area contributed by atoms with E-state index in [0.717, 1.165) is 17.5 Å². The Morgan fingerprint density at radius 2 is 1.97 bits per heavy atom. The highest BCUT2D eigenvalue weighted by molar-refractivity contribution is 7.89. The third-order valence-electron chi connectivity index (χ3n) is 5.37. The number of ether oxygens (including phenoxy) is 1. The number of fused-ring (bicyclic) bond motifs is 1. The number of anilines is 1. The van der Waals surface area contributed by atoms with Crippen molar-refractivity contribution < 1.29 is 17.9 Å².